The normalized spacial score (nSPS) is 10.8. The van der Waals surface area contributed by atoms with E-state index in [0.29, 0.717) is 5.56 Å². The van der Waals surface area contributed by atoms with Crippen molar-refractivity contribution in [3.8, 4) is 5.75 Å². The molecule has 5 nitrogen and oxygen atoms in total. The van der Waals surface area contributed by atoms with Crippen LogP contribution in [0.3, 0.4) is 0 Å². The number of anilines is 1. The van der Waals surface area contributed by atoms with Gasteiger partial charge >= 0.3 is 0 Å². The third-order valence-electron chi connectivity index (χ3n) is 3.75. The van der Waals surface area contributed by atoms with E-state index in [1.807, 2.05) is 29.8 Å². The van der Waals surface area contributed by atoms with E-state index in [4.69, 9.17) is 4.74 Å². The number of pyridine rings is 1. The number of fused-ring (bicyclic) bond motifs is 1. The fraction of sp³-hybridized carbons (Fsp3) is 0.176. The quantitative estimate of drug-likeness (QED) is 0.746. The summed E-state index contributed by atoms with van der Waals surface area (Å²) in [5.41, 5.74) is 2.89. The molecule has 3 rings (SSSR count). The van der Waals surface area contributed by atoms with Crippen LogP contribution in [0.1, 0.15) is 15.9 Å². The molecule has 3 aromatic rings. The molecule has 1 amide bonds. The van der Waals surface area contributed by atoms with Crippen LogP contribution < -0.4 is 9.64 Å². The molecule has 0 spiro atoms. The van der Waals surface area contributed by atoms with Gasteiger partial charge in [0.25, 0.3) is 5.91 Å². The van der Waals surface area contributed by atoms with Crippen molar-refractivity contribution < 1.29 is 13.9 Å². The highest BCUT2D eigenvalue weighted by atomic mass is 19.1. The van der Waals surface area contributed by atoms with Crippen LogP contribution in [0, 0.1) is 12.7 Å². The van der Waals surface area contributed by atoms with Crippen LogP contribution in [-0.2, 0) is 0 Å². The molecule has 118 valence electrons. The van der Waals surface area contributed by atoms with Crippen LogP contribution in [0.15, 0.2) is 42.9 Å². The molecule has 0 fully saturated rings. The highest BCUT2D eigenvalue weighted by Crippen LogP contribution is 2.23. The van der Waals surface area contributed by atoms with E-state index in [9.17, 15) is 9.18 Å². The van der Waals surface area contributed by atoms with E-state index in [2.05, 4.69) is 4.98 Å². The number of benzene rings is 1. The molecule has 0 aliphatic rings. The molecule has 0 bridgehead atoms. The number of aromatic nitrogens is 2. The summed E-state index contributed by atoms with van der Waals surface area (Å²) in [5, 5.41) is 0. The molecule has 0 saturated carbocycles. The number of rotatable bonds is 3. The Balaban J connectivity index is 1.97. The summed E-state index contributed by atoms with van der Waals surface area (Å²) < 4.78 is 20.3. The van der Waals surface area contributed by atoms with E-state index >= 15 is 0 Å². The van der Waals surface area contributed by atoms with Gasteiger partial charge in [-0.15, -0.1) is 0 Å². The first-order valence-electron chi connectivity index (χ1n) is 7.06. The third-order valence-corrected chi connectivity index (χ3v) is 3.75. The Hall–Kier alpha value is -2.89. The molecule has 0 radical (unpaired) electrons. The fourth-order valence-corrected chi connectivity index (χ4v) is 2.48. The maximum Gasteiger partial charge on any atom is 0.258 e. The predicted octanol–water partition coefficient (Wildman–Crippen LogP) is 3.07. The summed E-state index contributed by atoms with van der Waals surface area (Å²) in [5.74, 6) is -0.699. The van der Waals surface area contributed by atoms with Crippen molar-refractivity contribution in [2.45, 2.75) is 6.92 Å². The number of hydrogen-bond acceptors (Lipinski definition) is 3. The van der Waals surface area contributed by atoms with Gasteiger partial charge in [0.05, 0.1) is 12.8 Å². The van der Waals surface area contributed by atoms with Gasteiger partial charge in [0.2, 0.25) is 0 Å². The summed E-state index contributed by atoms with van der Waals surface area (Å²) in [6.45, 7) is 1.94. The highest BCUT2D eigenvalue weighted by Gasteiger charge is 2.17. The van der Waals surface area contributed by atoms with E-state index in [1.54, 1.807) is 13.2 Å². The first-order chi connectivity index (χ1) is 11.0. The number of carbonyl (C=O) groups excluding carboxylic acids is 1. The fourth-order valence-electron chi connectivity index (χ4n) is 2.48. The van der Waals surface area contributed by atoms with Gasteiger partial charge in [-0.1, -0.05) is 0 Å². The molecule has 0 aliphatic heterocycles. The molecule has 0 atom stereocenters. The van der Waals surface area contributed by atoms with Crippen molar-refractivity contribution in [3.63, 3.8) is 0 Å². The van der Waals surface area contributed by atoms with Crippen LogP contribution in [-0.4, -0.2) is 29.4 Å². The van der Waals surface area contributed by atoms with E-state index < -0.39 is 5.82 Å². The Morgan fingerprint density at radius 1 is 1.35 bits per heavy atom. The number of methoxy groups -OCH3 is 1. The molecule has 0 N–H and O–H groups in total. The molecule has 2 aromatic heterocycles. The Labute approximate surface area is 132 Å². The predicted molar refractivity (Wildman–Crippen MR) is 85.6 cm³/mol. The molecule has 0 saturated heterocycles. The number of ether oxygens (including phenoxy) is 1. The summed E-state index contributed by atoms with van der Waals surface area (Å²) in [4.78, 5) is 18.4. The van der Waals surface area contributed by atoms with Gasteiger partial charge in [-0.3, -0.25) is 4.79 Å². The maximum atomic E-state index is 13.5. The summed E-state index contributed by atoms with van der Waals surface area (Å²) >= 11 is 0. The molecular weight excluding hydrogens is 297 g/mol. The van der Waals surface area contributed by atoms with Crippen molar-refractivity contribution in [2.24, 2.45) is 0 Å². The number of nitrogens with zero attached hydrogens (tertiary/aromatic N) is 3. The SMILES string of the molecule is COc1cc(C(=O)N(C)c2cc(C)c3nccn3c2)ccc1F. The highest BCUT2D eigenvalue weighted by molar-refractivity contribution is 6.06. The number of hydrogen-bond donors (Lipinski definition) is 0. The van der Waals surface area contributed by atoms with Gasteiger partial charge in [0.15, 0.2) is 11.6 Å². The topological polar surface area (TPSA) is 46.8 Å². The number of amides is 1. The Kier molecular flexibility index (Phi) is 3.73. The van der Waals surface area contributed by atoms with Gasteiger partial charge in [-0.05, 0) is 36.8 Å². The zero-order chi connectivity index (χ0) is 16.6. The monoisotopic (exact) mass is 313 g/mol. The average molecular weight is 313 g/mol. The Morgan fingerprint density at radius 2 is 2.13 bits per heavy atom. The third kappa shape index (κ3) is 2.63. The second-order valence-corrected chi connectivity index (χ2v) is 5.25. The van der Waals surface area contributed by atoms with Crippen LogP contribution in [0.4, 0.5) is 10.1 Å². The smallest absolute Gasteiger partial charge is 0.258 e. The lowest BCUT2D eigenvalue weighted by Gasteiger charge is -2.19. The molecule has 6 heteroatoms. The minimum atomic E-state index is -0.498. The standard InChI is InChI=1S/C17H16FN3O2/c1-11-8-13(10-21-7-6-19-16(11)21)20(2)17(22)12-4-5-14(18)15(9-12)23-3/h4-10H,1-3H3. The minimum Gasteiger partial charge on any atom is -0.494 e. The van der Waals surface area contributed by atoms with Crippen molar-refractivity contribution in [2.75, 3.05) is 19.1 Å². The van der Waals surface area contributed by atoms with Crippen LogP contribution >= 0.6 is 0 Å². The van der Waals surface area contributed by atoms with Gasteiger partial charge in [-0.25, -0.2) is 9.37 Å². The van der Waals surface area contributed by atoms with Crippen molar-refractivity contribution in [1.29, 1.82) is 0 Å². The molecule has 23 heavy (non-hydrogen) atoms. The average Bonchev–Trinajstić information content (AvgIpc) is 3.03. The summed E-state index contributed by atoms with van der Waals surface area (Å²) in [6, 6.07) is 5.96. The van der Waals surface area contributed by atoms with Gasteiger partial charge < -0.3 is 14.0 Å². The molecule has 0 unspecified atom stereocenters. The van der Waals surface area contributed by atoms with Gasteiger partial charge in [0, 0.05) is 31.2 Å². The molecular formula is C17H16FN3O2. The lowest BCUT2D eigenvalue weighted by atomic mass is 10.1. The zero-order valence-electron chi connectivity index (χ0n) is 13.1. The van der Waals surface area contributed by atoms with E-state index in [-0.39, 0.29) is 11.7 Å². The molecule has 1 aromatic carbocycles. The molecule has 0 aliphatic carbocycles. The van der Waals surface area contributed by atoms with Crippen LogP contribution in [0.5, 0.6) is 5.75 Å². The van der Waals surface area contributed by atoms with Crippen LogP contribution in [0.2, 0.25) is 0 Å². The summed E-state index contributed by atoms with van der Waals surface area (Å²) in [7, 11) is 3.04. The second kappa shape index (κ2) is 5.72. The number of imidazole rings is 1. The second-order valence-electron chi connectivity index (χ2n) is 5.25. The van der Waals surface area contributed by atoms with Crippen molar-refractivity contribution >= 4 is 17.2 Å². The molecule has 2 heterocycles. The number of carbonyl (C=O) groups is 1. The van der Waals surface area contributed by atoms with Crippen LogP contribution in [0.25, 0.3) is 5.65 Å². The minimum absolute atomic E-state index is 0.0468. The zero-order valence-corrected chi connectivity index (χ0v) is 13.1. The lowest BCUT2D eigenvalue weighted by Crippen LogP contribution is -2.26. The van der Waals surface area contributed by atoms with Gasteiger partial charge in [0.1, 0.15) is 5.65 Å². The first kappa shape index (κ1) is 15.0. The Morgan fingerprint density at radius 3 is 2.87 bits per heavy atom. The van der Waals surface area contributed by atoms with Crippen molar-refractivity contribution in [1.82, 2.24) is 9.38 Å². The van der Waals surface area contributed by atoms with E-state index in [0.717, 1.165) is 16.9 Å². The number of halogens is 1. The Bertz CT molecular complexity index is 889. The van der Waals surface area contributed by atoms with Gasteiger partial charge in [-0.2, -0.15) is 0 Å². The first-order valence-corrected chi connectivity index (χ1v) is 7.06. The largest absolute Gasteiger partial charge is 0.494 e. The lowest BCUT2D eigenvalue weighted by molar-refractivity contribution is 0.0992. The van der Waals surface area contributed by atoms with Crippen molar-refractivity contribution in [3.05, 3.63) is 59.8 Å². The van der Waals surface area contributed by atoms with E-state index in [1.165, 1.54) is 30.2 Å². The number of aryl methyl sites for hydroxylation is 1. The maximum absolute atomic E-state index is 13.5. The summed E-state index contributed by atoms with van der Waals surface area (Å²) in [6.07, 6.45) is 5.36.